The van der Waals surface area contributed by atoms with Crippen LogP contribution in [0.5, 0.6) is 5.75 Å². The third-order valence-electron chi connectivity index (χ3n) is 5.62. The van der Waals surface area contributed by atoms with Gasteiger partial charge in [0.05, 0.1) is 18.1 Å². The fourth-order valence-corrected chi connectivity index (χ4v) is 3.99. The molecule has 2 aromatic carbocycles. The van der Waals surface area contributed by atoms with Crippen LogP contribution < -0.4 is 10.3 Å². The van der Waals surface area contributed by atoms with Crippen LogP contribution >= 0.6 is 0 Å². The maximum atomic E-state index is 13.6. The zero-order valence-electron chi connectivity index (χ0n) is 17.8. The molecule has 31 heavy (non-hydrogen) atoms. The van der Waals surface area contributed by atoms with Crippen LogP contribution in [0.3, 0.4) is 0 Å². The number of aromatic nitrogens is 5. The molecular formula is C24H23N5O2. The summed E-state index contributed by atoms with van der Waals surface area (Å²) in [6.45, 7) is 4.63. The number of hydrogen-bond acceptors (Lipinski definition) is 5. The number of unbranched alkanes of at least 4 members (excludes halogenated alkanes) is 1. The van der Waals surface area contributed by atoms with E-state index in [1.807, 2.05) is 60.0 Å². The van der Waals surface area contributed by atoms with Crippen molar-refractivity contribution in [3.8, 4) is 11.4 Å². The Morgan fingerprint density at radius 3 is 2.32 bits per heavy atom. The minimum absolute atomic E-state index is 0.0715. The molecule has 3 heterocycles. The highest BCUT2D eigenvalue weighted by molar-refractivity contribution is 6.05. The molecule has 0 aliphatic heterocycles. The smallest absolute Gasteiger partial charge is 0.265 e. The van der Waals surface area contributed by atoms with E-state index in [0.29, 0.717) is 34.6 Å². The van der Waals surface area contributed by atoms with Crippen LogP contribution in [0.2, 0.25) is 0 Å². The van der Waals surface area contributed by atoms with E-state index in [-0.39, 0.29) is 5.56 Å². The van der Waals surface area contributed by atoms with Gasteiger partial charge in [-0.2, -0.15) is 0 Å². The number of nitrogens with zero attached hydrogens (tertiary/aromatic N) is 5. The van der Waals surface area contributed by atoms with Gasteiger partial charge in [-0.1, -0.05) is 25.5 Å². The quantitative estimate of drug-likeness (QED) is 0.427. The summed E-state index contributed by atoms with van der Waals surface area (Å²) < 4.78 is 8.97. The van der Waals surface area contributed by atoms with Gasteiger partial charge < -0.3 is 4.74 Å². The molecule has 0 atom stereocenters. The van der Waals surface area contributed by atoms with Crippen molar-refractivity contribution in [1.82, 2.24) is 24.1 Å². The Hall–Kier alpha value is -3.74. The van der Waals surface area contributed by atoms with Crippen molar-refractivity contribution in [3.63, 3.8) is 0 Å². The minimum atomic E-state index is -0.0715. The maximum Gasteiger partial charge on any atom is 0.265 e. The van der Waals surface area contributed by atoms with Gasteiger partial charge in [-0.15, -0.1) is 0 Å². The zero-order valence-corrected chi connectivity index (χ0v) is 17.8. The number of aryl methyl sites for hydroxylation is 1. The SMILES string of the molecule is CCCCn1c(C)nc2c(c1=O)c1nc3ccccc3nc1n2-c1ccc(OC)cc1. The summed E-state index contributed by atoms with van der Waals surface area (Å²) in [5.74, 6) is 1.44. The molecule has 0 aliphatic carbocycles. The monoisotopic (exact) mass is 413 g/mol. The summed E-state index contributed by atoms with van der Waals surface area (Å²) in [7, 11) is 1.64. The molecule has 0 spiro atoms. The zero-order chi connectivity index (χ0) is 21.5. The van der Waals surface area contributed by atoms with Crippen molar-refractivity contribution in [2.24, 2.45) is 0 Å². The molecule has 0 unspecified atom stereocenters. The van der Waals surface area contributed by atoms with Gasteiger partial charge in [-0.3, -0.25) is 13.9 Å². The Morgan fingerprint density at radius 1 is 0.935 bits per heavy atom. The fraction of sp³-hybridized carbons (Fsp3) is 0.250. The van der Waals surface area contributed by atoms with Crippen molar-refractivity contribution in [2.45, 2.75) is 33.2 Å². The number of para-hydroxylation sites is 2. The summed E-state index contributed by atoms with van der Waals surface area (Å²) in [5.41, 5.74) is 4.08. The normalized spacial score (nSPS) is 11.6. The fourth-order valence-electron chi connectivity index (χ4n) is 3.99. The average molecular weight is 413 g/mol. The van der Waals surface area contributed by atoms with Crippen molar-refractivity contribution >= 4 is 33.2 Å². The molecule has 0 N–H and O–H groups in total. The average Bonchev–Trinajstić information content (AvgIpc) is 3.10. The Kier molecular flexibility index (Phi) is 4.66. The molecule has 0 radical (unpaired) electrons. The Morgan fingerprint density at radius 2 is 1.65 bits per heavy atom. The molecule has 0 fully saturated rings. The topological polar surface area (TPSA) is 74.8 Å². The van der Waals surface area contributed by atoms with E-state index in [9.17, 15) is 4.79 Å². The molecule has 7 heteroatoms. The van der Waals surface area contributed by atoms with E-state index < -0.39 is 0 Å². The Labute approximate surface area is 179 Å². The van der Waals surface area contributed by atoms with E-state index in [1.54, 1.807) is 11.7 Å². The van der Waals surface area contributed by atoms with Crippen LogP contribution in [0, 0.1) is 6.92 Å². The third kappa shape index (κ3) is 3.04. The standard InChI is InChI=1S/C24H23N5O2/c1-4-5-14-28-15(2)25-22-20(24(28)30)21-23(27-19-9-7-6-8-18(19)26-21)29(22)16-10-12-17(31-3)13-11-16/h6-13H,4-5,14H2,1-3H3. The number of ether oxygens (including phenoxy) is 1. The van der Waals surface area contributed by atoms with E-state index >= 15 is 0 Å². The van der Waals surface area contributed by atoms with Gasteiger partial charge in [0.1, 0.15) is 22.5 Å². The second kappa shape index (κ2) is 7.50. The van der Waals surface area contributed by atoms with Gasteiger partial charge in [0.15, 0.2) is 11.3 Å². The minimum Gasteiger partial charge on any atom is -0.497 e. The lowest BCUT2D eigenvalue weighted by atomic mass is 10.2. The van der Waals surface area contributed by atoms with Gasteiger partial charge in [-0.25, -0.2) is 15.0 Å². The molecule has 156 valence electrons. The summed E-state index contributed by atoms with van der Waals surface area (Å²) in [6.07, 6.45) is 1.92. The molecule has 0 bridgehead atoms. The number of benzene rings is 2. The first-order valence-electron chi connectivity index (χ1n) is 10.4. The summed E-state index contributed by atoms with van der Waals surface area (Å²) >= 11 is 0. The van der Waals surface area contributed by atoms with Gasteiger partial charge in [-0.05, 0) is 49.7 Å². The van der Waals surface area contributed by atoms with Gasteiger partial charge in [0.2, 0.25) is 0 Å². The van der Waals surface area contributed by atoms with Crippen LogP contribution in [0.25, 0.3) is 38.9 Å². The number of rotatable bonds is 5. The first-order chi connectivity index (χ1) is 15.1. The van der Waals surface area contributed by atoms with E-state index in [1.165, 1.54) is 0 Å². The number of hydrogen-bond donors (Lipinski definition) is 0. The van der Waals surface area contributed by atoms with E-state index in [0.717, 1.165) is 35.3 Å². The summed E-state index contributed by atoms with van der Waals surface area (Å²) in [6, 6.07) is 15.3. The van der Waals surface area contributed by atoms with E-state index in [4.69, 9.17) is 19.7 Å². The van der Waals surface area contributed by atoms with Crippen molar-refractivity contribution < 1.29 is 4.74 Å². The molecule has 0 saturated heterocycles. The molecule has 0 aliphatic rings. The van der Waals surface area contributed by atoms with Gasteiger partial charge in [0, 0.05) is 12.2 Å². The lowest BCUT2D eigenvalue weighted by Gasteiger charge is -2.10. The van der Waals surface area contributed by atoms with Crippen molar-refractivity contribution in [1.29, 1.82) is 0 Å². The predicted octanol–water partition coefficient (Wildman–Crippen LogP) is 4.40. The maximum absolute atomic E-state index is 13.6. The van der Waals surface area contributed by atoms with Crippen LogP contribution in [0.1, 0.15) is 25.6 Å². The molecule has 5 rings (SSSR count). The molecule has 0 amide bonds. The molecule has 7 nitrogen and oxygen atoms in total. The lowest BCUT2D eigenvalue weighted by molar-refractivity contribution is 0.415. The summed E-state index contributed by atoms with van der Waals surface area (Å²) in [5, 5.41) is 0.505. The third-order valence-corrected chi connectivity index (χ3v) is 5.62. The number of fused-ring (bicyclic) bond motifs is 4. The highest BCUT2D eigenvalue weighted by Crippen LogP contribution is 2.29. The highest BCUT2D eigenvalue weighted by atomic mass is 16.5. The van der Waals surface area contributed by atoms with Crippen LogP contribution in [-0.2, 0) is 6.54 Å². The second-order valence-electron chi connectivity index (χ2n) is 7.59. The van der Waals surface area contributed by atoms with Crippen LogP contribution in [-0.4, -0.2) is 31.2 Å². The molecule has 0 saturated carbocycles. The largest absolute Gasteiger partial charge is 0.497 e. The predicted molar refractivity (Wildman–Crippen MR) is 122 cm³/mol. The molecule has 3 aromatic heterocycles. The van der Waals surface area contributed by atoms with Gasteiger partial charge >= 0.3 is 0 Å². The van der Waals surface area contributed by atoms with Crippen LogP contribution in [0.15, 0.2) is 53.3 Å². The first kappa shape index (κ1) is 19.2. The Bertz CT molecular complexity index is 1480. The lowest BCUT2D eigenvalue weighted by Crippen LogP contribution is -2.24. The van der Waals surface area contributed by atoms with Crippen molar-refractivity contribution in [2.75, 3.05) is 7.11 Å². The molecule has 5 aromatic rings. The van der Waals surface area contributed by atoms with Crippen molar-refractivity contribution in [3.05, 3.63) is 64.7 Å². The Balaban J connectivity index is 1.92. The van der Waals surface area contributed by atoms with Crippen LogP contribution in [0.4, 0.5) is 0 Å². The van der Waals surface area contributed by atoms with E-state index in [2.05, 4.69) is 6.92 Å². The van der Waals surface area contributed by atoms with Gasteiger partial charge in [0.25, 0.3) is 5.56 Å². The number of methoxy groups -OCH3 is 1. The highest BCUT2D eigenvalue weighted by Gasteiger charge is 2.22. The summed E-state index contributed by atoms with van der Waals surface area (Å²) in [4.78, 5) is 28.1. The molecular weight excluding hydrogens is 390 g/mol. The second-order valence-corrected chi connectivity index (χ2v) is 7.59. The first-order valence-corrected chi connectivity index (χ1v) is 10.4.